The van der Waals surface area contributed by atoms with Crippen LogP contribution in [0.3, 0.4) is 0 Å². The van der Waals surface area contributed by atoms with E-state index in [1.807, 2.05) is 18.2 Å². The van der Waals surface area contributed by atoms with E-state index in [-0.39, 0.29) is 22.6 Å². The Morgan fingerprint density at radius 3 is 2.33 bits per heavy atom. The number of anilines is 1. The second kappa shape index (κ2) is 8.47. The average Bonchev–Trinajstić information content (AvgIpc) is 2.67. The summed E-state index contributed by atoms with van der Waals surface area (Å²) in [4.78, 5) is 20.6. The van der Waals surface area contributed by atoms with Crippen molar-refractivity contribution in [3.63, 3.8) is 0 Å². The molecule has 2 heterocycles. The van der Waals surface area contributed by atoms with Crippen molar-refractivity contribution in [3.05, 3.63) is 60.3 Å². The van der Waals surface area contributed by atoms with Gasteiger partial charge in [-0.1, -0.05) is 18.2 Å². The van der Waals surface area contributed by atoms with Gasteiger partial charge in [0.1, 0.15) is 5.82 Å². The number of rotatable bonds is 4. The van der Waals surface area contributed by atoms with Crippen LogP contribution in [0.2, 0.25) is 0 Å². The highest BCUT2D eigenvalue weighted by Gasteiger charge is 2.29. The summed E-state index contributed by atoms with van der Waals surface area (Å²) in [5.74, 6) is 0.793. The highest BCUT2D eigenvalue weighted by atomic mass is 32.2. The third kappa shape index (κ3) is 5.75. The van der Waals surface area contributed by atoms with Crippen molar-refractivity contribution in [2.45, 2.75) is 10.4 Å². The lowest BCUT2D eigenvalue weighted by Gasteiger charge is -2.34. The summed E-state index contributed by atoms with van der Waals surface area (Å²) in [5.41, 5.74) is -3.62. The molecule has 0 unspecified atom stereocenters. The number of carbonyl (C=O) groups is 1. The second-order valence-corrected chi connectivity index (χ2v) is 7.09. The predicted octanol–water partition coefficient (Wildman–Crippen LogP) is 4.06. The van der Waals surface area contributed by atoms with E-state index in [2.05, 4.69) is 9.88 Å². The van der Waals surface area contributed by atoms with Crippen LogP contribution < -0.4 is 4.90 Å². The lowest BCUT2D eigenvalue weighted by molar-refractivity contribution is -0.126. The molecular weight excluding hydrogens is 375 g/mol. The molecule has 1 aliphatic rings. The Morgan fingerprint density at radius 1 is 1.04 bits per heavy atom. The Kier molecular flexibility index (Phi) is 6.05. The Bertz CT molecular complexity index is 786. The molecule has 0 saturated carbocycles. The molecule has 0 radical (unpaired) electrons. The summed E-state index contributed by atoms with van der Waals surface area (Å²) in [6.07, 6.45) is 4.83. The van der Waals surface area contributed by atoms with Crippen molar-refractivity contribution in [2.24, 2.45) is 0 Å². The fourth-order valence-corrected chi connectivity index (χ4v) is 3.29. The summed E-state index contributed by atoms with van der Waals surface area (Å²) in [7, 11) is 0. The zero-order valence-corrected chi connectivity index (χ0v) is 15.2. The maximum atomic E-state index is 12.3. The number of amides is 1. The van der Waals surface area contributed by atoms with E-state index in [9.17, 15) is 18.0 Å². The molecule has 142 valence electrons. The van der Waals surface area contributed by atoms with Crippen molar-refractivity contribution >= 4 is 29.6 Å². The molecule has 27 heavy (non-hydrogen) atoms. The van der Waals surface area contributed by atoms with Gasteiger partial charge in [-0.2, -0.15) is 13.2 Å². The summed E-state index contributed by atoms with van der Waals surface area (Å²) < 4.78 is 37.0. The van der Waals surface area contributed by atoms with Gasteiger partial charge < -0.3 is 9.80 Å². The highest BCUT2D eigenvalue weighted by Crippen LogP contribution is 2.36. The van der Waals surface area contributed by atoms with Gasteiger partial charge in [0.2, 0.25) is 5.91 Å². The van der Waals surface area contributed by atoms with Crippen molar-refractivity contribution in [2.75, 3.05) is 31.1 Å². The van der Waals surface area contributed by atoms with E-state index < -0.39 is 5.51 Å². The van der Waals surface area contributed by atoms with Crippen LogP contribution in [-0.2, 0) is 4.79 Å². The van der Waals surface area contributed by atoms with Crippen LogP contribution in [0.4, 0.5) is 19.0 Å². The van der Waals surface area contributed by atoms with Gasteiger partial charge in [0.25, 0.3) is 0 Å². The topological polar surface area (TPSA) is 36.4 Å². The first-order chi connectivity index (χ1) is 12.9. The average molecular weight is 393 g/mol. The monoisotopic (exact) mass is 393 g/mol. The summed E-state index contributed by atoms with van der Waals surface area (Å²) >= 11 is -0.154. The standard InChI is InChI=1S/C19H18F3N3OS/c20-19(21,22)27-16-7-4-15(5-8-16)6-9-18(26)25-13-11-24(12-14-25)17-3-1-2-10-23-17/h1-10H,11-14H2/b9-6+. The SMILES string of the molecule is O=C(/C=C/c1ccc(SC(F)(F)F)cc1)N1CCN(c2ccccn2)CC1. The van der Waals surface area contributed by atoms with Crippen LogP contribution in [0.1, 0.15) is 5.56 Å². The number of carbonyl (C=O) groups excluding carboxylic acids is 1. The number of nitrogens with zero attached hydrogens (tertiary/aromatic N) is 3. The fourth-order valence-electron chi connectivity index (χ4n) is 2.75. The third-order valence-corrected chi connectivity index (χ3v) is 4.84. The van der Waals surface area contributed by atoms with E-state index in [0.29, 0.717) is 31.7 Å². The van der Waals surface area contributed by atoms with Crippen molar-refractivity contribution < 1.29 is 18.0 Å². The van der Waals surface area contributed by atoms with E-state index in [0.717, 1.165) is 5.82 Å². The normalized spacial score (nSPS) is 15.4. The minimum absolute atomic E-state index is 0.107. The zero-order chi connectivity index (χ0) is 19.3. The van der Waals surface area contributed by atoms with E-state index >= 15 is 0 Å². The minimum atomic E-state index is -4.30. The predicted molar refractivity (Wildman–Crippen MR) is 100 cm³/mol. The van der Waals surface area contributed by atoms with Crippen LogP contribution in [0.15, 0.2) is 59.6 Å². The minimum Gasteiger partial charge on any atom is -0.353 e. The first kappa shape index (κ1) is 19.3. The molecule has 1 fully saturated rings. The van der Waals surface area contributed by atoms with Crippen LogP contribution in [0.25, 0.3) is 6.08 Å². The number of thioether (sulfide) groups is 1. The molecule has 0 spiro atoms. The van der Waals surface area contributed by atoms with Gasteiger partial charge in [-0.05, 0) is 47.7 Å². The van der Waals surface area contributed by atoms with Crippen LogP contribution >= 0.6 is 11.8 Å². The number of hydrogen-bond donors (Lipinski definition) is 0. The van der Waals surface area contributed by atoms with Crippen molar-refractivity contribution in [3.8, 4) is 0 Å². The molecule has 4 nitrogen and oxygen atoms in total. The summed E-state index contributed by atoms with van der Waals surface area (Å²) in [6, 6.07) is 11.7. The van der Waals surface area contributed by atoms with Gasteiger partial charge in [-0.3, -0.25) is 4.79 Å². The molecule has 0 bridgehead atoms. The van der Waals surface area contributed by atoms with Gasteiger partial charge in [0.05, 0.1) is 0 Å². The van der Waals surface area contributed by atoms with Crippen LogP contribution in [0, 0.1) is 0 Å². The van der Waals surface area contributed by atoms with Gasteiger partial charge >= 0.3 is 5.51 Å². The van der Waals surface area contributed by atoms with E-state index in [1.165, 1.54) is 18.2 Å². The van der Waals surface area contributed by atoms with E-state index in [4.69, 9.17) is 0 Å². The number of aromatic nitrogens is 1. The third-order valence-electron chi connectivity index (χ3n) is 4.10. The molecule has 0 N–H and O–H groups in total. The quantitative estimate of drug-likeness (QED) is 0.580. The Hall–Kier alpha value is -2.48. The Morgan fingerprint density at radius 2 is 1.74 bits per heavy atom. The molecule has 8 heteroatoms. The van der Waals surface area contributed by atoms with Gasteiger partial charge in [0, 0.05) is 43.3 Å². The van der Waals surface area contributed by atoms with Gasteiger partial charge in [-0.15, -0.1) is 0 Å². The van der Waals surface area contributed by atoms with Gasteiger partial charge in [0.15, 0.2) is 0 Å². The Labute approximate surface area is 159 Å². The van der Waals surface area contributed by atoms with Crippen LogP contribution in [-0.4, -0.2) is 47.5 Å². The molecule has 1 saturated heterocycles. The fraction of sp³-hybridized carbons (Fsp3) is 0.263. The van der Waals surface area contributed by atoms with E-state index in [1.54, 1.807) is 29.3 Å². The van der Waals surface area contributed by atoms with Crippen LogP contribution in [0.5, 0.6) is 0 Å². The smallest absolute Gasteiger partial charge is 0.353 e. The van der Waals surface area contributed by atoms with Crippen molar-refractivity contribution in [1.29, 1.82) is 0 Å². The molecule has 1 aromatic carbocycles. The molecule has 2 aromatic rings. The second-order valence-electron chi connectivity index (χ2n) is 5.95. The number of piperazine rings is 1. The largest absolute Gasteiger partial charge is 0.446 e. The number of halogens is 3. The van der Waals surface area contributed by atoms with Crippen molar-refractivity contribution in [1.82, 2.24) is 9.88 Å². The lowest BCUT2D eigenvalue weighted by atomic mass is 10.2. The maximum absolute atomic E-state index is 12.3. The highest BCUT2D eigenvalue weighted by molar-refractivity contribution is 8.00. The molecular formula is C19H18F3N3OS. The lowest BCUT2D eigenvalue weighted by Crippen LogP contribution is -2.48. The number of benzene rings is 1. The number of alkyl halides is 3. The molecule has 0 aliphatic carbocycles. The molecule has 1 amide bonds. The molecule has 1 aromatic heterocycles. The summed E-state index contributed by atoms with van der Waals surface area (Å²) in [5, 5.41) is 0. The zero-order valence-electron chi connectivity index (χ0n) is 14.4. The summed E-state index contributed by atoms with van der Waals surface area (Å²) in [6.45, 7) is 2.61. The van der Waals surface area contributed by atoms with Gasteiger partial charge in [-0.25, -0.2) is 4.98 Å². The maximum Gasteiger partial charge on any atom is 0.446 e. The number of pyridine rings is 1. The molecule has 1 aliphatic heterocycles. The molecule has 3 rings (SSSR count). The number of hydrogen-bond acceptors (Lipinski definition) is 4. The first-order valence-electron chi connectivity index (χ1n) is 8.39. The first-order valence-corrected chi connectivity index (χ1v) is 9.21. The molecule has 0 atom stereocenters. The Balaban J connectivity index is 1.52.